The molecule has 3 aromatic rings. The molecule has 0 unspecified atom stereocenters. The summed E-state index contributed by atoms with van der Waals surface area (Å²) in [4.78, 5) is 7.92. The maximum absolute atomic E-state index is 12.5. The molecule has 2 aromatic heterocycles. The van der Waals surface area contributed by atoms with E-state index in [-0.39, 0.29) is 0 Å². The Morgan fingerprint density at radius 1 is 1.05 bits per heavy atom. The predicted octanol–water partition coefficient (Wildman–Crippen LogP) is 5.65. The van der Waals surface area contributed by atoms with Gasteiger partial charge in [-0.1, -0.05) is 28.1 Å². The first kappa shape index (κ1) is 15.2. The van der Waals surface area contributed by atoms with E-state index in [0.717, 1.165) is 21.8 Å². The summed E-state index contributed by atoms with van der Waals surface area (Å²) < 4.78 is 38.5. The minimum atomic E-state index is -4.43. The van der Waals surface area contributed by atoms with Crippen molar-refractivity contribution in [3.63, 3.8) is 0 Å². The van der Waals surface area contributed by atoms with E-state index in [1.165, 1.54) is 23.6 Å². The Bertz CT molecular complexity index is 797. The van der Waals surface area contributed by atoms with Crippen molar-refractivity contribution in [1.29, 1.82) is 0 Å². The number of aromatic nitrogens is 2. The van der Waals surface area contributed by atoms with E-state index in [4.69, 9.17) is 0 Å². The van der Waals surface area contributed by atoms with Crippen LogP contribution in [-0.2, 0) is 6.18 Å². The number of rotatable bonds is 2. The zero-order valence-corrected chi connectivity index (χ0v) is 13.3. The molecule has 22 heavy (non-hydrogen) atoms. The number of benzene rings is 1. The lowest BCUT2D eigenvalue weighted by Gasteiger charge is -2.05. The number of pyridine rings is 1. The van der Waals surface area contributed by atoms with Crippen molar-refractivity contribution >= 4 is 27.3 Å². The van der Waals surface area contributed by atoms with Crippen LogP contribution in [0.25, 0.3) is 21.8 Å². The van der Waals surface area contributed by atoms with Gasteiger partial charge in [-0.2, -0.15) is 13.2 Å². The molecule has 0 aliphatic carbocycles. The molecular formula is C15H8BrF3N2S. The highest BCUT2D eigenvalue weighted by Gasteiger charge is 2.32. The Labute approximate surface area is 136 Å². The summed E-state index contributed by atoms with van der Waals surface area (Å²) in [5.74, 6) is 0. The van der Waals surface area contributed by atoms with E-state index in [1.54, 1.807) is 0 Å². The van der Waals surface area contributed by atoms with Gasteiger partial charge >= 0.3 is 6.18 Å². The summed E-state index contributed by atoms with van der Waals surface area (Å²) in [5, 5.41) is 2.51. The highest BCUT2D eigenvalue weighted by atomic mass is 79.9. The van der Waals surface area contributed by atoms with E-state index in [2.05, 4.69) is 25.9 Å². The fraction of sp³-hybridized carbons (Fsp3) is 0.0667. The molecule has 0 aliphatic heterocycles. The third-order valence-electron chi connectivity index (χ3n) is 2.93. The van der Waals surface area contributed by atoms with Gasteiger partial charge in [-0.15, -0.1) is 11.3 Å². The van der Waals surface area contributed by atoms with Crippen LogP contribution in [0.3, 0.4) is 0 Å². The van der Waals surface area contributed by atoms with Crippen LogP contribution in [0, 0.1) is 0 Å². The third kappa shape index (κ3) is 3.20. The van der Waals surface area contributed by atoms with E-state index >= 15 is 0 Å². The highest BCUT2D eigenvalue weighted by Crippen LogP contribution is 2.32. The van der Waals surface area contributed by atoms with Gasteiger partial charge in [0.05, 0.1) is 5.69 Å². The van der Waals surface area contributed by atoms with Gasteiger partial charge in [0.2, 0.25) is 0 Å². The van der Waals surface area contributed by atoms with Crippen LogP contribution in [-0.4, -0.2) is 9.97 Å². The van der Waals surface area contributed by atoms with Gasteiger partial charge in [0.25, 0.3) is 0 Å². The molecule has 112 valence electrons. The summed E-state index contributed by atoms with van der Waals surface area (Å²) in [6, 6.07) is 10.0. The van der Waals surface area contributed by atoms with Crippen LogP contribution >= 0.6 is 27.3 Å². The van der Waals surface area contributed by atoms with Crippen molar-refractivity contribution in [1.82, 2.24) is 9.97 Å². The largest absolute Gasteiger partial charge is 0.433 e. The number of nitrogens with zero attached hydrogens (tertiary/aromatic N) is 2. The molecule has 1 aromatic carbocycles. The molecule has 0 amide bonds. The second kappa shape index (κ2) is 5.81. The normalized spacial score (nSPS) is 11.6. The second-order valence-corrected chi connectivity index (χ2v) is 6.25. The molecule has 3 rings (SSSR count). The molecule has 0 fully saturated rings. The molecule has 0 saturated carbocycles. The average Bonchev–Trinajstić information content (AvgIpc) is 2.96. The van der Waals surface area contributed by atoms with Crippen molar-refractivity contribution in [3.8, 4) is 21.8 Å². The molecule has 0 radical (unpaired) electrons. The summed E-state index contributed by atoms with van der Waals surface area (Å²) in [6.07, 6.45) is -3.23. The lowest BCUT2D eigenvalue weighted by molar-refractivity contribution is -0.141. The molecule has 0 N–H and O–H groups in total. The summed E-state index contributed by atoms with van der Waals surface area (Å²) in [5.41, 5.74) is 1.39. The maximum Gasteiger partial charge on any atom is 0.433 e. The minimum Gasteiger partial charge on any atom is -0.251 e. The number of alkyl halides is 3. The van der Waals surface area contributed by atoms with Crippen molar-refractivity contribution in [2.75, 3.05) is 0 Å². The number of thiazole rings is 1. The van der Waals surface area contributed by atoms with Crippen LogP contribution in [0.4, 0.5) is 13.2 Å². The Balaban J connectivity index is 1.91. The van der Waals surface area contributed by atoms with E-state index in [1.807, 2.05) is 29.6 Å². The van der Waals surface area contributed by atoms with Crippen LogP contribution in [0.5, 0.6) is 0 Å². The molecule has 0 bridgehead atoms. The third-order valence-corrected chi connectivity index (χ3v) is 4.31. The predicted molar refractivity (Wildman–Crippen MR) is 83.5 cm³/mol. The molecule has 0 aliphatic rings. The number of hydrogen-bond acceptors (Lipinski definition) is 3. The van der Waals surface area contributed by atoms with E-state index in [0.29, 0.717) is 10.6 Å². The lowest BCUT2D eigenvalue weighted by atomic mass is 10.2. The van der Waals surface area contributed by atoms with Crippen molar-refractivity contribution < 1.29 is 13.2 Å². The summed E-state index contributed by atoms with van der Waals surface area (Å²) >= 11 is 4.77. The fourth-order valence-electron chi connectivity index (χ4n) is 1.87. The molecule has 0 saturated heterocycles. The van der Waals surface area contributed by atoms with Gasteiger partial charge in [-0.05, 0) is 24.3 Å². The first-order valence-electron chi connectivity index (χ1n) is 6.18. The molecule has 0 spiro atoms. The topological polar surface area (TPSA) is 25.8 Å². The van der Waals surface area contributed by atoms with Gasteiger partial charge in [-0.3, -0.25) is 4.98 Å². The Morgan fingerprint density at radius 2 is 1.86 bits per heavy atom. The molecule has 2 heterocycles. The SMILES string of the molecule is FC(F)(F)c1ccc(-c2nc(-c3cccc(Br)c3)cs2)cn1. The zero-order valence-electron chi connectivity index (χ0n) is 10.9. The fourth-order valence-corrected chi connectivity index (χ4v) is 3.09. The van der Waals surface area contributed by atoms with Crippen molar-refractivity contribution in [3.05, 3.63) is 58.1 Å². The monoisotopic (exact) mass is 384 g/mol. The smallest absolute Gasteiger partial charge is 0.251 e. The molecule has 0 atom stereocenters. The van der Waals surface area contributed by atoms with Gasteiger partial charge < -0.3 is 0 Å². The van der Waals surface area contributed by atoms with Crippen LogP contribution < -0.4 is 0 Å². The highest BCUT2D eigenvalue weighted by molar-refractivity contribution is 9.10. The molecule has 2 nitrogen and oxygen atoms in total. The quantitative estimate of drug-likeness (QED) is 0.570. The number of halogens is 4. The van der Waals surface area contributed by atoms with Crippen molar-refractivity contribution in [2.45, 2.75) is 6.18 Å². The average molecular weight is 385 g/mol. The maximum atomic E-state index is 12.5. The van der Waals surface area contributed by atoms with E-state index < -0.39 is 11.9 Å². The van der Waals surface area contributed by atoms with Crippen LogP contribution in [0.1, 0.15) is 5.69 Å². The summed E-state index contributed by atoms with van der Waals surface area (Å²) in [6.45, 7) is 0. The Hall–Kier alpha value is -1.73. The van der Waals surface area contributed by atoms with Gasteiger partial charge in [-0.25, -0.2) is 4.98 Å². The second-order valence-electron chi connectivity index (χ2n) is 4.48. The zero-order chi connectivity index (χ0) is 15.7. The molecular weight excluding hydrogens is 377 g/mol. The standard InChI is InChI=1S/C15H8BrF3N2S/c16-11-3-1-2-9(6-11)12-8-22-14(21-12)10-4-5-13(20-7-10)15(17,18)19/h1-8H. The van der Waals surface area contributed by atoms with Gasteiger partial charge in [0, 0.05) is 27.2 Å². The Morgan fingerprint density at radius 3 is 2.50 bits per heavy atom. The van der Waals surface area contributed by atoms with Gasteiger partial charge in [0.15, 0.2) is 0 Å². The minimum absolute atomic E-state index is 0.569. The van der Waals surface area contributed by atoms with E-state index in [9.17, 15) is 13.2 Å². The number of hydrogen-bond donors (Lipinski definition) is 0. The van der Waals surface area contributed by atoms with Crippen LogP contribution in [0.2, 0.25) is 0 Å². The summed E-state index contributed by atoms with van der Waals surface area (Å²) in [7, 11) is 0. The molecule has 7 heteroatoms. The first-order valence-corrected chi connectivity index (χ1v) is 7.86. The lowest BCUT2D eigenvalue weighted by Crippen LogP contribution is -2.07. The van der Waals surface area contributed by atoms with Crippen LogP contribution in [0.15, 0.2) is 52.4 Å². The first-order chi connectivity index (χ1) is 10.4. The Kier molecular flexibility index (Phi) is 4.01. The van der Waals surface area contributed by atoms with Crippen molar-refractivity contribution in [2.24, 2.45) is 0 Å². The van der Waals surface area contributed by atoms with Gasteiger partial charge in [0.1, 0.15) is 10.7 Å².